The number of hydrogen-bond acceptors (Lipinski definition) is 8. The SMILES string of the molecule is FC(F)(F)c1cnc(N[C@@H]2CC=C[C@H](c3nnc4ccccn34)C2)nc1OCC(OC1CCCCO1)c1ccccc1. The Hall–Kier alpha value is -4.03. The molecule has 2 unspecified atom stereocenters. The maximum atomic E-state index is 13.9. The minimum atomic E-state index is -4.70. The highest BCUT2D eigenvalue weighted by Crippen LogP contribution is 2.36. The van der Waals surface area contributed by atoms with Gasteiger partial charge in [-0.3, -0.25) is 4.40 Å². The van der Waals surface area contributed by atoms with E-state index >= 15 is 0 Å². The van der Waals surface area contributed by atoms with Crippen LogP contribution in [-0.2, 0) is 15.7 Å². The average molecular weight is 581 g/mol. The van der Waals surface area contributed by atoms with Gasteiger partial charge in [-0.2, -0.15) is 18.2 Å². The molecule has 2 aliphatic rings. The summed E-state index contributed by atoms with van der Waals surface area (Å²) in [5, 5.41) is 11.8. The van der Waals surface area contributed by atoms with E-state index in [0.29, 0.717) is 25.9 Å². The van der Waals surface area contributed by atoms with Crippen LogP contribution in [0, 0.1) is 0 Å². The van der Waals surface area contributed by atoms with Gasteiger partial charge in [-0.15, -0.1) is 10.2 Å². The van der Waals surface area contributed by atoms with Crippen LogP contribution in [0.2, 0.25) is 0 Å². The van der Waals surface area contributed by atoms with Crippen LogP contribution >= 0.6 is 0 Å². The summed E-state index contributed by atoms with van der Waals surface area (Å²) >= 11 is 0. The fraction of sp³-hybridized carbons (Fsp3) is 0.400. The van der Waals surface area contributed by atoms with Gasteiger partial charge in [-0.25, -0.2) is 4.98 Å². The zero-order valence-corrected chi connectivity index (χ0v) is 22.8. The number of nitrogens with zero attached hydrogens (tertiary/aromatic N) is 5. The smallest absolute Gasteiger partial charge is 0.423 e. The lowest BCUT2D eigenvalue weighted by Crippen LogP contribution is -2.28. The lowest BCUT2D eigenvalue weighted by Gasteiger charge is -2.28. The number of anilines is 1. The Morgan fingerprint density at radius 2 is 1.93 bits per heavy atom. The number of nitrogens with one attached hydrogen (secondary N) is 1. The predicted octanol–water partition coefficient (Wildman–Crippen LogP) is 6.12. The molecule has 6 rings (SSSR count). The Kier molecular flexibility index (Phi) is 8.34. The average Bonchev–Trinajstić information content (AvgIpc) is 3.44. The number of allylic oxidation sites excluding steroid dienone is 1. The standard InChI is InChI=1S/C30H31F3N6O3/c31-30(32,33)23-18-34-29(35-22-12-8-11-21(17-22)27-38-37-25-13-4-6-15-39(25)27)36-28(23)41-19-24(20-9-2-1-3-10-20)42-26-14-5-7-16-40-26/h1-4,6,8-11,13,15,18,21-22,24,26H,5,7,12,14,16-17,19H2,(H,34,35,36)/t21-,22+,24?,26?/m0/s1. The molecule has 1 N–H and O–H groups in total. The van der Waals surface area contributed by atoms with Gasteiger partial charge in [-0.05, 0) is 49.8 Å². The number of hydrogen-bond donors (Lipinski definition) is 1. The van der Waals surface area contributed by atoms with Gasteiger partial charge in [0.1, 0.15) is 24.1 Å². The van der Waals surface area contributed by atoms with Crippen molar-refractivity contribution < 1.29 is 27.4 Å². The molecule has 3 aromatic heterocycles. The summed E-state index contributed by atoms with van der Waals surface area (Å²) < 4.78 is 61.4. The molecule has 1 fully saturated rings. The van der Waals surface area contributed by atoms with Crippen LogP contribution in [0.3, 0.4) is 0 Å². The minimum absolute atomic E-state index is 0.0374. The van der Waals surface area contributed by atoms with E-state index in [9.17, 15) is 13.2 Å². The van der Waals surface area contributed by atoms with Crippen molar-refractivity contribution in [2.75, 3.05) is 18.5 Å². The van der Waals surface area contributed by atoms with Crippen molar-refractivity contribution in [2.24, 2.45) is 0 Å². The zero-order chi connectivity index (χ0) is 28.9. The fourth-order valence-corrected chi connectivity index (χ4v) is 5.27. The first-order chi connectivity index (χ1) is 20.4. The van der Waals surface area contributed by atoms with Gasteiger partial charge in [0.15, 0.2) is 11.9 Å². The first-order valence-corrected chi connectivity index (χ1v) is 14.1. The van der Waals surface area contributed by atoms with Crippen LogP contribution in [0.5, 0.6) is 5.88 Å². The van der Waals surface area contributed by atoms with Crippen LogP contribution in [0.25, 0.3) is 5.65 Å². The van der Waals surface area contributed by atoms with E-state index in [1.807, 2.05) is 65.2 Å². The van der Waals surface area contributed by atoms with Gasteiger partial charge >= 0.3 is 6.18 Å². The molecule has 12 heteroatoms. The first kappa shape index (κ1) is 28.1. The van der Waals surface area contributed by atoms with Gasteiger partial charge < -0.3 is 19.5 Å². The second-order valence-electron chi connectivity index (χ2n) is 10.4. The van der Waals surface area contributed by atoms with Crippen molar-refractivity contribution in [3.63, 3.8) is 0 Å². The first-order valence-electron chi connectivity index (χ1n) is 14.1. The van der Waals surface area contributed by atoms with E-state index in [4.69, 9.17) is 14.2 Å². The molecule has 4 heterocycles. The van der Waals surface area contributed by atoms with Crippen LogP contribution in [0.15, 0.2) is 73.1 Å². The quantitative estimate of drug-likeness (QED) is 0.237. The van der Waals surface area contributed by atoms with E-state index in [0.717, 1.165) is 36.1 Å². The molecule has 1 aliphatic carbocycles. The molecule has 0 saturated carbocycles. The summed E-state index contributed by atoms with van der Waals surface area (Å²) in [5.74, 6) is 0.251. The van der Waals surface area contributed by atoms with Crippen LogP contribution < -0.4 is 10.1 Å². The topological polar surface area (TPSA) is 95.7 Å². The molecule has 1 aliphatic heterocycles. The van der Waals surface area contributed by atoms with E-state index in [2.05, 4.69) is 31.6 Å². The Morgan fingerprint density at radius 3 is 2.74 bits per heavy atom. The summed E-state index contributed by atoms with van der Waals surface area (Å²) in [5.41, 5.74) is 0.468. The van der Waals surface area contributed by atoms with Crippen molar-refractivity contribution in [1.82, 2.24) is 24.6 Å². The van der Waals surface area contributed by atoms with E-state index in [-0.39, 0.29) is 24.5 Å². The number of pyridine rings is 1. The van der Waals surface area contributed by atoms with Crippen LogP contribution in [0.4, 0.5) is 19.1 Å². The van der Waals surface area contributed by atoms with E-state index in [1.165, 1.54) is 0 Å². The second kappa shape index (κ2) is 12.5. The lowest BCUT2D eigenvalue weighted by atomic mass is 9.91. The Morgan fingerprint density at radius 1 is 1.07 bits per heavy atom. The summed E-state index contributed by atoms with van der Waals surface area (Å²) in [4.78, 5) is 8.16. The molecule has 0 spiro atoms. The van der Waals surface area contributed by atoms with E-state index < -0.39 is 30.0 Å². The van der Waals surface area contributed by atoms with Crippen molar-refractivity contribution >= 4 is 11.6 Å². The molecule has 1 saturated heterocycles. The van der Waals surface area contributed by atoms with E-state index in [1.54, 1.807) is 0 Å². The van der Waals surface area contributed by atoms with Crippen LogP contribution in [0.1, 0.15) is 61.1 Å². The molecule has 42 heavy (non-hydrogen) atoms. The molecule has 4 atom stereocenters. The monoisotopic (exact) mass is 580 g/mol. The van der Waals surface area contributed by atoms with Gasteiger partial charge in [0.2, 0.25) is 11.8 Å². The van der Waals surface area contributed by atoms with Gasteiger partial charge in [0.25, 0.3) is 0 Å². The predicted molar refractivity (Wildman–Crippen MR) is 148 cm³/mol. The molecular weight excluding hydrogens is 549 g/mol. The number of alkyl halides is 3. The van der Waals surface area contributed by atoms with Gasteiger partial charge in [-0.1, -0.05) is 48.6 Å². The molecule has 4 aromatic rings. The third-order valence-corrected chi connectivity index (χ3v) is 7.39. The molecule has 0 bridgehead atoms. The van der Waals surface area contributed by atoms with Crippen molar-refractivity contribution in [1.29, 1.82) is 0 Å². The summed E-state index contributed by atoms with van der Waals surface area (Å²) in [6.07, 6.45) is 4.86. The maximum Gasteiger partial charge on any atom is 0.423 e. The van der Waals surface area contributed by atoms with Crippen molar-refractivity contribution in [3.8, 4) is 5.88 Å². The maximum absolute atomic E-state index is 13.9. The number of halogens is 3. The zero-order valence-electron chi connectivity index (χ0n) is 22.8. The van der Waals surface area contributed by atoms with Crippen LogP contribution in [-0.4, -0.2) is 50.1 Å². The third-order valence-electron chi connectivity index (χ3n) is 7.39. The summed E-state index contributed by atoms with van der Waals surface area (Å²) in [6, 6.07) is 14.8. The molecule has 1 aromatic carbocycles. The van der Waals surface area contributed by atoms with Gasteiger partial charge in [0, 0.05) is 31.0 Å². The lowest BCUT2D eigenvalue weighted by molar-refractivity contribution is -0.195. The number of benzene rings is 1. The Labute approximate surface area is 240 Å². The molecule has 9 nitrogen and oxygen atoms in total. The molecular formula is C30H31F3N6O3. The second-order valence-corrected chi connectivity index (χ2v) is 10.4. The highest BCUT2D eigenvalue weighted by molar-refractivity contribution is 5.39. The normalized spacial score (nSPS) is 21.7. The number of fused-ring (bicyclic) bond motifs is 1. The summed E-state index contributed by atoms with van der Waals surface area (Å²) in [7, 11) is 0. The van der Waals surface area contributed by atoms with Gasteiger partial charge in [0.05, 0.1) is 0 Å². The molecule has 0 radical (unpaired) electrons. The Balaban J connectivity index is 1.19. The highest BCUT2D eigenvalue weighted by Gasteiger charge is 2.37. The largest absolute Gasteiger partial charge is 0.474 e. The molecule has 220 valence electrons. The van der Waals surface area contributed by atoms with Crippen molar-refractivity contribution in [2.45, 2.75) is 62.6 Å². The minimum Gasteiger partial charge on any atom is -0.474 e. The number of ether oxygens (including phenoxy) is 3. The summed E-state index contributed by atoms with van der Waals surface area (Å²) in [6.45, 7) is 0.397. The fourth-order valence-electron chi connectivity index (χ4n) is 5.27. The number of aromatic nitrogens is 5. The highest BCUT2D eigenvalue weighted by atomic mass is 19.4. The third kappa shape index (κ3) is 6.55. The Bertz CT molecular complexity index is 1510. The van der Waals surface area contributed by atoms with Crippen molar-refractivity contribution in [3.05, 3.63) is 90.0 Å². The number of rotatable bonds is 9. The molecule has 0 amide bonds.